The van der Waals surface area contributed by atoms with E-state index in [1.165, 1.54) is 4.88 Å². The summed E-state index contributed by atoms with van der Waals surface area (Å²) < 4.78 is 0. The van der Waals surface area contributed by atoms with Crippen molar-refractivity contribution in [2.45, 2.75) is 20.8 Å². The first-order chi connectivity index (χ1) is 11.0. The van der Waals surface area contributed by atoms with Gasteiger partial charge < -0.3 is 4.98 Å². The summed E-state index contributed by atoms with van der Waals surface area (Å²) in [6.07, 6.45) is 0. The molecule has 0 aliphatic rings. The molecule has 114 valence electrons. The summed E-state index contributed by atoms with van der Waals surface area (Å²) in [7, 11) is 0. The van der Waals surface area contributed by atoms with E-state index in [2.05, 4.69) is 4.98 Å². The van der Waals surface area contributed by atoms with Crippen LogP contribution in [0.4, 0.5) is 0 Å². The van der Waals surface area contributed by atoms with Gasteiger partial charge in [-0.25, -0.2) is 0 Å². The highest BCUT2D eigenvalue weighted by atomic mass is 32.1. The fraction of sp³-hybridized carbons (Fsp3) is 0.158. The molecule has 0 unspecified atom stereocenters. The number of nitrogens with one attached hydrogen (secondary N) is 1. The van der Waals surface area contributed by atoms with E-state index in [1.807, 2.05) is 63.2 Å². The molecule has 0 spiro atoms. The third-order valence-electron chi connectivity index (χ3n) is 3.81. The van der Waals surface area contributed by atoms with Crippen LogP contribution in [0.1, 0.15) is 20.9 Å². The van der Waals surface area contributed by atoms with E-state index in [-0.39, 0.29) is 11.1 Å². The summed E-state index contributed by atoms with van der Waals surface area (Å²) in [5.41, 5.74) is 4.29. The summed E-state index contributed by atoms with van der Waals surface area (Å²) >= 11 is 1.67. The monoisotopic (exact) mass is 320 g/mol. The van der Waals surface area contributed by atoms with Crippen LogP contribution in [0.25, 0.3) is 22.4 Å². The Kier molecular flexibility index (Phi) is 3.89. The van der Waals surface area contributed by atoms with Crippen LogP contribution in [-0.4, -0.2) is 4.98 Å². The van der Waals surface area contributed by atoms with Crippen LogP contribution in [0.15, 0.2) is 41.2 Å². The highest BCUT2D eigenvalue weighted by Gasteiger charge is 2.15. The van der Waals surface area contributed by atoms with Crippen LogP contribution >= 0.6 is 11.3 Å². The molecule has 0 saturated heterocycles. The van der Waals surface area contributed by atoms with Gasteiger partial charge in [0, 0.05) is 21.0 Å². The zero-order valence-corrected chi connectivity index (χ0v) is 14.0. The van der Waals surface area contributed by atoms with E-state index in [0.717, 1.165) is 27.3 Å². The summed E-state index contributed by atoms with van der Waals surface area (Å²) in [6, 6.07) is 13.9. The standard InChI is InChI=1S/C19H16N2OS/c1-11-5-4-6-14(7-11)18-9-16(17(10-20)19(22)21-18)15-8-12(2)23-13(15)3/h4-9H,1-3H3,(H,21,22). The molecule has 0 saturated carbocycles. The SMILES string of the molecule is Cc1cccc(-c2cc(-c3cc(C)sc3C)c(C#N)c(=O)[nH]2)c1. The number of nitrogens with zero attached hydrogens (tertiary/aromatic N) is 1. The molecule has 0 aliphatic carbocycles. The molecule has 0 amide bonds. The molecule has 2 aromatic heterocycles. The summed E-state index contributed by atoms with van der Waals surface area (Å²) in [5.74, 6) is 0. The molecule has 3 rings (SSSR count). The Morgan fingerprint density at radius 2 is 1.87 bits per heavy atom. The lowest BCUT2D eigenvalue weighted by Gasteiger charge is -2.08. The maximum atomic E-state index is 12.4. The average Bonchev–Trinajstić information content (AvgIpc) is 2.85. The molecule has 0 atom stereocenters. The quantitative estimate of drug-likeness (QED) is 0.752. The Morgan fingerprint density at radius 1 is 1.09 bits per heavy atom. The molecule has 1 N–H and O–H groups in total. The molecule has 0 bridgehead atoms. The van der Waals surface area contributed by atoms with Crippen molar-refractivity contribution in [3.8, 4) is 28.5 Å². The number of thiophene rings is 1. The third-order valence-corrected chi connectivity index (χ3v) is 4.77. The minimum Gasteiger partial charge on any atom is -0.321 e. The van der Waals surface area contributed by atoms with Gasteiger partial charge in [-0.05, 0) is 50.1 Å². The van der Waals surface area contributed by atoms with E-state index in [0.29, 0.717) is 5.56 Å². The molecule has 3 aromatic rings. The normalized spacial score (nSPS) is 10.5. The lowest BCUT2D eigenvalue weighted by atomic mass is 9.99. The van der Waals surface area contributed by atoms with E-state index in [4.69, 9.17) is 0 Å². The third kappa shape index (κ3) is 2.84. The van der Waals surface area contributed by atoms with E-state index < -0.39 is 0 Å². The Morgan fingerprint density at radius 3 is 2.48 bits per heavy atom. The van der Waals surface area contributed by atoms with Crippen LogP contribution < -0.4 is 5.56 Å². The first-order valence-electron chi connectivity index (χ1n) is 7.31. The number of hydrogen-bond donors (Lipinski definition) is 1. The number of aromatic nitrogens is 1. The lowest BCUT2D eigenvalue weighted by molar-refractivity contribution is 1.22. The summed E-state index contributed by atoms with van der Waals surface area (Å²) in [6.45, 7) is 6.06. The highest BCUT2D eigenvalue weighted by molar-refractivity contribution is 7.12. The van der Waals surface area contributed by atoms with Gasteiger partial charge in [-0.15, -0.1) is 11.3 Å². The van der Waals surface area contributed by atoms with Crippen molar-refractivity contribution in [1.82, 2.24) is 4.98 Å². The number of nitriles is 1. The van der Waals surface area contributed by atoms with E-state index >= 15 is 0 Å². The Hall–Kier alpha value is -2.64. The molecule has 4 heteroatoms. The van der Waals surface area contributed by atoms with Crippen LogP contribution in [0.2, 0.25) is 0 Å². The predicted octanol–water partition coefficient (Wildman–Crippen LogP) is 4.57. The molecule has 3 nitrogen and oxygen atoms in total. The highest BCUT2D eigenvalue weighted by Crippen LogP contribution is 2.33. The second-order valence-electron chi connectivity index (χ2n) is 5.61. The maximum absolute atomic E-state index is 12.4. The number of pyridine rings is 1. The lowest BCUT2D eigenvalue weighted by Crippen LogP contribution is -2.12. The van der Waals surface area contributed by atoms with E-state index in [1.54, 1.807) is 11.3 Å². The molecule has 0 radical (unpaired) electrons. The largest absolute Gasteiger partial charge is 0.321 e. The number of H-pyrrole nitrogens is 1. The van der Waals surface area contributed by atoms with Crippen molar-refractivity contribution in [2.75, 3.05) is 0 Å². The van der Waals surface area contributed by atoms with Gasteiger partial charge in [-0.1, -0.05) is 23.8 Å². The summed E-state index contributed by atoms with van der Waals surface area (Å²) in [5, 5.41) is 9.40. The molecule has 0 aliphatic heterocycles. The van der Waals surface area contributed by atoms with Crippen LogP contribution in [0.5, 0.6) is 0 Å². The number of hydrogen-bond acceptors (Lipinski definition) is 3. The molecular weight excluding hydrogens is 304 g/mol. The van der Waals surface area contributed by atoms with E-state index in [9.17, 15) is 10.1 Å². The Balaban J connectivity index is 2.29. The molecular formula is C19H16N2OS. The van der Waals surface area contributed by atoms with Crippen LogP contribution in [-0.2, 0) is 0 Å². The average molecular weight is 320 g/mol. The number of aryl methyl sites for hydroxylation is 3. The smallest absolute Gasteiger partial charge is 0.266 e. The van der Waals surface area contributed by atoms with Crippen molar-refractivity contribution in [3.05, 3.63) is 67.6 Å². The molecule has 0 fully saturated rings. The van der Waals surface area contributed by atoms with Crippen molar-refractivity contribution in [2.24, 2.45) is 0 Å². The van der Waals surface area contributed by atoms with Gasteiger partial charge in [-0.3, -0.25) is 4.79 Å². The Bertz CT molecular complexity index is 989. The minimum absolute atomic E-state index is 0.169. The van der Waals surface area contributed by atoms with Crippen molar-refractivity contribution in [3.63, 3.8) is 0 Å². The van der Waals surface area contributed by atoms with Gasteiger partial charge in [0.2, 0.25) is 0 Å². The predicted molar refractivity (Wildman–Crippen MR) is 94.7 cm³/mol. The first kappa shape index (κ1) is 15.3. The second kappa shape index (κ2) is 5.86. The van der Waals surface area contributed by atoms with Crippen molar-refractivity contribution >= 4 is 11.3 Å². The molecule has 2 heterocycles. The van der Waals surface area contributed by atoms with Crippen LogP contribution in [0.3, 0.4) is 0 Å². The molecule has 23 heavy (non-hydrogen) atoms. The maximum Gasteiger partial charge on any atom is 0.266 e. The first-order valence-corrected chi connectivity index (χ1v) is 8.13. The second-order valence-corrected chi connectivity index (χ2v) is 7.07. The number of aromatic amines is 1. The number of rotatable bonds is 2. The zero-order chi connectivity index (χ0) is 16.6. The molecule has 1 aromatic carbocycles. The van der Waals surface area contributed by atoms with Gasteiger partial charge in [0.25, 0.3) is 5.56 Å². The van der Waals surface area contributed by atoms with Crippen molar-refractivity contribution < 1.29 is 0 Å². The fourth-order valence-electron chi connectivity index (χ4n) is 2.75. The fourth-order valence-corrected chi connectivity index (χ4v) is 3.69. The van der Waals surface area contributed by atoms with Crippen molar-refractivity contribution in [1.29, 1.82) is 5.26 Å². The summed E-state index contributed by atoms with van der Waals surface area (Å²) in [4.78, 5) is 17.5. The number of benzene rings is 1. The minimum atomic E-state index is -0.343. The van der Waals surface area contributed by atoms with Gasteiger partial charge in [0.05, 0.1) is 0 Å². The van der Waals surface area contributed by atoms with Gasteiger partial charge >= 0.3 is 0 Å². The van der Waals surface area contributed by atoms with Gasteiger partial charge in [-0.2, -0.15) is 5.26 Å². The Labute approximate surface area is 138 Å². The van der Waals surface area contributed by atoms with Gasteiger partial charge in [0.15, 0.2) is 0 Å². The zero-order valence-electron chi connectivity index (χ0n) is 13.2. The van der Waals surface area contributed by atoms with Gasteiger partial charge in [0.1, 0.15) is 11.6 Å². The van der Waals surface area contributed by atoms with Crippen LogP contribution in [0, 0.1) is 32.1 Å². The topological polar surface area (TPSA) is 56.6 Å².